The summed E-state index contributed by atoms with van der Waals surface area (Å²) in [5, 5.41) is 6.24. The molecule has 0 aromatic heterocycles. The maximum atomic E-state index is 12.7. The predicted octanol–water partition coefficient (Wildman–Crippen LogP) is 2.65. The number of amides is 1. The Labute approximate surface area is 169 Å². The first-order valence-electron chi connectivity index (χ1n) is 9.58. The van der Waals surface area contributed by atoms with Crippen molar-refractivity contribution in [1.82, 2.24) is 14.9 Å². The van der Waals surface area contributed by atoms with Gasteiger partial charge in [-0.05, 0) is 69.0 Å². The molecule has 1 saturated heterocycles. The van der Waals surface area contributed by atoms with E-state index in [1.54, 1.807) is 12.1 Å². The summed E-state index contributed by atoms with van der Waals surface area (Å²) in [5.41, 5.74) is 0.492. The molecule has 1 fully saturated rings. The molecule has 0 radical (unpaired) electrons. The molecule has 1 aliphatic heterocycles. The van der Waals surface area contributed by atoms with Crippen LogP contribution in [0.5, 0.6) is 0 Å². The number of nitrogens with zero attached hydrogens (tertiary/aromatic N) is 1. The Morgan fingerprint density at radius 1 is 1.19 bits per heavy atom. The topological polar surface area (TPSA) is 78.5 Å². The first kappa shape index (κ1) is 23.9. The van der Waals surface area contributed by atoms with Crippen molar-refractivity contribution in [2.45, 2.75) is 44.4 Å². The quantitative estimate of drug-likeness (QED) is 0.613. The van der Waals surface area contributed by atoms with E-state index in [0.29, 0.717) is 31.1 Å². The van der Waals surface area contributed by atoms with Gasteiger partial charge in [0, 0.05) is 25.2 Å². The van der Waals surface area contributed by atoms with E-state index in [9.17, 15) is 13.2 Å². The Balaban J connectivity index is 0.00000364. The molecule has 1 atom stereocenters. The molecule has 1 unspecified atom stereocenters. The van der Waals surface area contributed by atoms with Gasteiger partial charge < -0.3 is 10.6 Å². The molecular formula is C19H32ClN3O3S. The Bertz CT molecular complexity index is 668. The van der Waals surface area contributed by atoms with Crippen molar-refractivity contribution in [3.63, 3.8) is 0 Å². The molecule has 1 aromatic carbocycles. The fourth-order valence-corrected chi connectivity index (χ4v) is 4.86. The van der Waals surface area contributed by atoms with Gasteiger partial charge in [0.15, 0.2) is 0 Å². The number of hydrogen-bond acceptors (Lipinski definition) is 4. The third kappa shape index (κ3) is 6.75. The second kappa shape index (κ2) is 11.6. The van der Waals surface area contributed by atoms with Gasteiger partial charge in [-0.25, -0.2) is 8.42 Å². The minimum absolute atomic E-state index is 0. The van der Waals surface area contributed by atoms with Crippen LogP contribution in [0, 0.1) is 5.92 Å². The van der Waals surface area contributed by atoms with E-state index in [2.05, 4.69) is 10.6 Å². The van der Waals surface area contributed by atoms with Crippen LogP contribution < -0.4 is 10.6 Å². The predicted molar refractivity (Wildman–Crippen MR) is 111 cm³/mol. The van der Waals surface area contributed by atoms with Gasteiger partial charge in [0.05, 0.1) is 4.90 Å². The molecule has 2 N–H and O–H groups in total. The summed E-state index contributed by atoms with van der Waals surface area (Å²) in [5.74, 6) is 0.477. The Kier molecular flexibility index (Phi) is 10.3. The van der Waals surface area contributed by atoms with Gasteiger partial charge in [-0.15, -0.1) is 12.4 Å². The van der Waals surface area contributed by atoms with Crippen molar-refractivity contribution in [2.75, 3.05) is 32.7 Å². The third-order valence-electron chi connectivity index (χ3n) is 4.70. The highest BCUT2D eigenvalue weighted by atomic mass is 35.5. The largest absolute Gasteiger partial charge is 0.352 e. The molecule has 1 aromatic rings. The molecule has 0 saturated carbocycles. The zero-order valence-electron chi connectivity index (χ0n) is 16.2. The SMILES string of the molecule is CCCN(CCC)S(=O)(=O)c1ccc(C(=O)NCCC2CCNC2)cc1.Cl. The van der Waals surface area contributed by atoms with Gasteiger partial charge in [0.25, 0.3) is 5.91 Å². The van der Waals surface area contributed by atoms with Crippen LogP contribution in [0.2, 0.25) is 0 Å². The summed E-state index contributed by atoms with van der Waals surface area (Å²) in [6.07, 6.45) is 3.68. The highest BCUT2D eigenvalue weighted by Crippen LogP contribution is 2.17. The Morgan fingerprint density at radius 2 is 1.81 bits per heavy atom. The zero-order valence-corrected chi connectivity index (χ0v) is 17.9. The maximum absolute atomic E-state index is 12.7. The lowest BCUT2D eigenvalue weighted by Gasteiger charge is -2.21. The number of carbonyl (C=O) groups excluding carboxylic acids is 1. The average Bonchev–Trinajstić information content (AvgIpc) is 3.15. The van der Waals surface area contributed by atoms with Crippen LogP contribution in [-0.2, 0) is 10.0 Å². The van der Waals surface area contributed by atoms with Crippen molar-refractivity contribution in [3.05, 3.63) is 29.8 Å². The number of sulfonamides is 1. The Morgan fingerprint density at radius 3 is 2.33 bits per heavy atom. The highest BCUT2D eigenvalue weighted by molar-refractivity contribution is 7.89. The number of hydrogen-bond donors (Lipinski definition) is 2. The summed E-state index contributed by atoms with van der Waals surface area (Å²) in [6, 6.07) is 6.25. The first-order valence-corrected chi connectivity index (χ1v) is 11.0. The number of nitrogens with one attached hydrogen (secondary N) is 2. The van der Waals surface area contributed by atoms with Crippen LogP contribution in [-0.4, -0.2) is 51.4 Å². The smallest absolute Gasteiger partial charge is 0.251 e. The van der Waals surface area contributed by atoms with E-state index < -0.39 is 10.0 Å². The van der Waals surface area contributed by atoms with Gasteiger partial charge in [0.1, 0.15) is 0 Å². The fraction of sp³-hybridized carbons (Fsp3) is 0.632. The van der Waals surface area contributed by atoms with Gasteiger partial charge in [-0.3, -0.25) is 4.79 Å². The third-order valence-corrected chi connectivity index (χ3v) is 6.61. The van der Waals surface area contributed by atoms with E-state index in [0.717, 1.165) is 38.8 Å². The number of rotatable bonds is 10. The van der Waals surface area contributed by atoms with Crippen LogP contribution in [0.3, 0.4) is 0 Å². The van der Waals surface area contributed by atoms with Gasteiger partial charge in [0.2, 0.25) is 10.0 Å². The molecule has 6 nitrogen and oxygen atoms in total. The van der Waals surface area contributed by atoms with Crippen LogP contribution >= 0.6 is 12.4 Å². The van der Waals surface area contributed by atoms with Crippen LogP contribution in [0.4, 0.5) is 0 Å². The van der Waals surface area contributed by atoms with E-state index >= 15 is 0 Å². The van der Waals surface area contributed by atoms with Crippen molar-refractivity contribution in [3.8, 4) is 0 Å². The zero-order chi connectivity index (χ0) is 19.0. The number of benzene rings is 1. The van der Waals surface area contributed by atoms with Crippen molar-refractivity contribution < 1.29 is 13.2 Å². The highest BCUT2D eigenvalue weighted by Gasteiger charge is 2.23. The summed E-state index contributed by atoms with van der Waals surface area (Å²) in [7, 11) is -3.50. The summed E-state index contributed by atoms with van der Waals surface area (Å²) >= 11 is 0. The molecule has 27 heavy (non-hydrogen) atoms. The lowest BCUT2D eigenvalue weighted by atomic mass is 10.1. The van der Waals surface area contributed by atoms with Crippen LogP contribution in [0.1, 0.15) is 49.9 Å². The van der Waals surface area contributed by atoms with Gasteiger partial charge in [-0.2, -0.15) is 4.31 Å². The van der Waals surface area contributed by atoms with E-state index in [-0.39, 0.29) is 23.2 Å². The fourth-order valence-electron chi connectivity index (χ4n) is 3.23. The minimum Gasteiger partial charge on any atom is -0.352 e. The molecule has 1 aliphatic rings. The molecular weight excluding hydrogens is 386 g/mol. The number of halogens is 1. The van der Waals surface area contributed by atoms with Gasteiger partial charge in [-0.1, -0.05) is 13.8 Å². The van der Waals surface area contributed by atoms with Crippen LogP contribution in [0.15, 0.2) is 29.2 Å². The lowest BCUT2D eigenvalue weighted by molar-refractivity contribution is 0.0951. The minimum atomic E-state index is -3.50. The van der Waals surface area contributed by atoms with Crippen molar-refractivity contribution in [1.29, 1.82) is 0 Å². The molecule has 2 rings (SSSR count). The summed E-state index contributed by atoms with van der Waals surface area (Å²) in [4.78, 5) is 12.5. The van der Waals surface area contributed by atoms with Crippen molar-refractivity contribution in [2.24, 2.45) is 5.92 Å². The molecule has 0 spiro atoms. The lowest BCUT2D eigenvalue weighted by Crippen LogP contribution is -2.32. The van der Waals surface area contributed by atoms with Gasteiger partial charge >= 0.3 is 0 Å². The second-order valence-corrected chi connectivity index (χ2v) is 8.77. The standard InChI is InChI=1S/C19H31N3O3S.ClH/c1-3-13-22(14-4-2)26(24,25)18-7-5-17(6-8-18)19(23)21-12-10-16-9-11-20-15-16;/h5-8,16,20H,3-4,9-15H2,1-2H3,(H,21,23);1H. The summed E-state index contributed by atoms with van der Waals surface area (Å²) < 4.78 is 27.0. The molecule has 0 bridgehead atoms. The summed E-state index contributed by atoms with van der Waals surface area (Å²) in [6.45, 7) is 7.67. The average molecular weight is 418 g/mol. The molecule has 154 valence electrons. The normalized spacial score (nSPS) is 16.9. The molecule has 1 heterocycles. The van der Waals surface area contributed by atoms with E-state index in [1.807, 2.05) is 13.8 Å². The molecule has 1 amide bonds. The van der Waals surface area contributed by atoms with E-state index in [1.165, 1.54) is 16.4 Å². The molecule has 0 aliphatic carbocycles. The van der Waals surface area contributed by atoms with Crippen molar-refractivity contribution >= 4 is 28.3 Å². The van der Waals surface area contributed by atoms with E-state index in [4.69, 9.17) is 0 Å². The number of carbonyl (C=O) groups is 1. The maximum Gasteiger partial charge on any atom is 0.251 e. The Hall–Kier alpha value is -1.15. The monoisotopic (exact) mass is 417 g/mol. The van der Waals surface area contributed by atoms with Crippen LogP contribution in [0.25, 0.3) is 0 Å². The molecule has 8 heteroatoms. The first-order chi connectivity index (χ1) is 12.5. The second-order valence-electron chi connectivity index (χ2n) is 6.83.